The average Bonchev–Trinajstić information content (AvgIpc) is 1.55. The molecule has 20 aromatic rings. The van der Waals surface area contributed by atoms with E-state index in [-0.39, 0.29) is 119 Å². The van der Waals surface area contributed by atoms with Crippen LogP contribution in [-0.4, -0.2) is 20.1 Å². The minimum absolute atomic E-state index is 0.0143. The first-order chi connectivity index (χ1) is 76.7. The minimum atomic E-state index is -0.608. The van der Waals surface area contributed by atoms with Crippen molar-refractivity contribution in [3.8, 4) is 77.9 Å². The van der Waals surface area contributed by atoms with Crippen molar-refractivity contribution < 1.29 is 27.4 Å². The molecule has 0 atom stereocenters. The fraction of sp³-hybridized carbons (Fsp3) is 0.0909. The van der Waals surface area contributed by atoms with Gasteiger partial charge in [0.1, 0.15) is 0 Å². The van der Waals surface area contributed by atoms with Crippen molar-refractivity contribution in [3.05, 3.63) is 495 Å². The number of rotatable bonds is 13. The molecule has 5 nitrogen and oxygen atoms in total. The third kappa shape index (κ3) is 15.3. The molecule has 6 heterocycles. The van der Waals surface area contributed by atoms with E-state index in [1.165, 1.54) is 43.4 Å². The smallest absolute Gasteiger partial charge is 0.248 e. The number of hydrogen-bond donors (Lipinski definition) is 0. The van der Waals surface area contributed by atoms with Crippen molar-refractivity contribution in [2.75, 3.05) is 24.5 Å². The highest BCUT2D eigenvalue weighted by molar-refractivity contribution is 7.03. The zero-order chi connectivity index (χ0) is 112. The van der Waals surface area contributed by atoms with Gasteiger partial charge in [-0.2, -0.15) is 0 Å². The van der Waals surface area contributed by atoms with Crippen molar-refractivity contribution >= 4 is 155 Å². The maximum atomic E-state index is 9.04. The molecule has 8 heteroatoms. The summed E-state index contributed by atoms with van der Waals surface area (Å²) in [6.07, 6.45) is 0. The first-order valence-electron chi connectivity index (χ1n) is 57.7. The van der Waals surface area contributed by atoms with Crippen molar-refractivity contribution in [2.45, 2.75) is 78.6 Å². The van der Waals surface area contributed by atoms with Gasteiger partial charge < -0.3 is 24.5 Å². The van der Waals surface area contributed by atoms with E-state index < -0.39 is 66.5 Å². The Morgan fingerprint density at radius 3 is 1.07 bits per heavy atom. The number of para-hydroxylation sites is 6. The van der Waals surface area contributed by atoms with Gasteiger partial charge in [0.15, 0.2) is 0 Å². The fourth-order valence-corrected chi connectivity index (χ4v) is 21.6. The summed E-state index contributed by atoms with van der Waals surface area (Å²) in [5.41, 5.74) is 37.7. The molecule has 0 N–H and O–H groups in total. The maximum Gasteiger partial charge on any atom is 0.248 e. The zero-order valence-electron chi connectivity index (χ0n) is 99.0. The predicted octanol–water partition coefficient (Wildman–Crippen LogP) is 29.4. The van der Waals surface area contributed by atoms with Crippen LogP contribution in [0.3, 0.4) is 0 Å². The SMILES string of the molecule is [2H]c1c([2H])c([2H])c(-c2cc3c4c(c2)N(c2ccc(C(C)(C)C)cc2)c2ccc(C(C)(C)C)cc2B4c2cc(-c4ccc(C(C)(C)C)cc4)ccc2-3)c([2H])c1[2H].[2H]c1c([2H])c([2H])c(N(c2ccc3c(c2)-c2cccc4c2B3c2ccc(-c3ccccc3)cc2N4c2ccccc2)c2c([2H])c([2H])c([2H])c([2H])c2[2H])c([2H])c1[2H].[2H]c1c([2H])c([2H])c(N2c3cc(-c4ccccc4)ccc3B3c4ccc(N(c5ccccc5)c5ccccc5)cc4-c4cccc2c43)c([2H])c1[2H]. The van der Waals surface area contributed by atoms with Crippen LogP contribution in [0, 0.1) is 0 Å². The fourth-order valence-electron chi connectivity index (χ4n) is 21.6. The van der Waals surface area contributed by atoms with E-state index in [0.29, 0.717) is 5.56 Å². The van der Waals surface area contributed by atoms with Crippen LogP contribution >= 0.6 is 0 Å². The summed E-state index contributed by atoms with van der Waals surface area (Å²) < 4.78 is 173. The summed E-state index contributed by atoms with van der Waals surface area (Å²) in [6, 6.07) is 115. The third-order valence-electron chi connectivity index (χ3n) is 28.2. The Labute approximate surface area is 853 Å². The second kappa shape index (κ2) is 35.0. The van der Waals surface area contributed by atoms with Crippen LogP contribution in [0.2, 0.25) is 0 Å². The van der Waals surface area contributed by atoms with E-state index in [1.54, 1.807) is 6.07 Å². The van der Waals surface area contributed by atoms with Gasteiger partial charge in [-0.05, 0) is 295 Å². The lowest BCUT2D eigenvalue weighted by atomic mass is 9.36. The lowest BCUT2D eigenvalue weighted by molar-refractivity contribution is 0.590. The van der Waals surface area contributed by atoms with Crippen LogP contribution in [0.15, 0.2) is 479 Å². The molecule has 6 aliphatic rings. The quantitative estimate of drug-likeness (QED) is 0.107. The molecule has 26 rings (SSSR count). The lowest BCUT2D eigenvalue weighted by Gasteiger charge is -2.37. The first kappa shape index (κ1) is 66.9. The van der Waals surface area contributed by atoms with Gasteiger partial charge in [-0.15, -0.1) is 0 Å². The van der Waals surface area contributed by atoms with E-state index in [9.17, 15) is 0 Å². The zero-order valence-corrected chi connectivity index (χ0v) is 79.0. The Morgan fingerprint density at radius 1 is 0.193 bits per heavy atom. The molecule has 0 aromatic heterocycles. The second-order valence-electron chi connectivity index (χ2n) is 39.6. The molecule has 6 aliphatic heterocycles. The van der Waals surface area contributed by atoms with Crippen molar-refractivity contribution in [1.29, 1.82) is 0 Å². The van der Waals surface area contributed by atoms with Gasteiger partial charge in [-0.1, -0.05) is 406 Å². The standard InChI is InChI=1S/C48H48BN.2C42H29BN2/c1-46(2,3)35-18-15-32(16-19-35)33-17-25-39-40-27-34(31-13-11-10-12-14-31)29-44-45(40)49(41(39)28-33)42-30-37(48(7,8)9)22-26-43(42)50(44)38-23-20-36(21-24-38)47(4,5)6;2*1-5-14-30(15-6-1)31-24-26-39-41(28-31)45(34-20-11-4-12-21-34)40-23-13-22-36-37-29-35(25-27-38(37)43(39)42(36)40)44(32-16-7-2-8-17-32)33-18-9-3-10-19-33/h10-30H,1-9H3;2*1-29H/i10D,11D,12D,13D,14D;2D,3D,7D,8D,9D,10D,16D,17D,18D,19D;4D,11D,12D,20D,21D. The molecule has 0 amide bonds. The highest BCUT2D eigenvalue weighted by Crippen LogP contribution is 2.50. The normalized spacial score (nSPS) is 14.8. The number of fused-ring (bicyclic) bond motifs is 15. The van der Waals surface area contributed by atoms with Crippen molar-refractivity contribution in [2.24, 2.45) is 0 Å². The summed E-state index contributed by atoms with van der Waals surface area (Å²) in [5, 5.41) is 0. The average molecular weight is 1810 g/mol. The highest BCUT2D eigenvalue weighted by Gasteiger charge is 2.47. The maximum absolute atomic E-state index is 9.04. The lowest BCUT2D eigenvalue weighted by Crippen LogP contribution is -2.55. The summed E-state index contributed by atoms with van der Waals surface area (Å²) in [5.74, 6) is 0. The number of nitrogens with zero attached hydrogens (tertiary/aromatic N) is 5. The third-order valence-corrected chi connectivity index (χ3v) is 28.2. The van der Waals surface area contributed by atoms with Crippen LogP contribution < -0.4 is 73.7 Å². The molecule has 0 saturated carbocycles. The Hall–Kier alpha value is -16.4. The number of benzene rings is 20. The molecule has 668 valence electrons. The van der Waals surface area contributed by atoms with Crippen LogP contribution in [0.5, 0.6) is 0 Å². The van der Waals surface area contributed by atoms with E-state index in [4.69, 9.17) is 27.4 Å². The van der Waals surface area contributed by atoms with E-state index in [2.05, 4.69) is 301 Å². The molecule has 0 spiro atoms. The van der Waals surface area contributed by atoms with Crippen LogP contribution in [0.1, 0.15) is 106 Å². The Morgan fingerprint density at radius 2 is 0.571 bits per heavy atom. The molecule has 0 bridgehead atoms. The van der Waals surface area contributed by atoms with Gasteiger partial charge in [0.2, 0.25) is 20.1 Å². The van der Waals surface area contributed by atoms with E-state index >= 15 is 0 Å². The summed E-state index contributed by atoms with van der Waals surface area (Å²) in [6.45, 7) is 19.8. The molecular weight excluding hydrogens is 1690 g/mol. The van der Waals surface area contributed by atoms with Gasteiger partial charge in [-0.25, -0.2) is 0 Å². The molecule has 0 aliphatic carbocycles. The monoisotopic (exact) mass is 1810 g/mol. The minimum Gasteiger partial charge on any atom is -0.311 e. The van der Waals surface area contributed by atoms with Crippen molar-refractivity contribution in [1.82, 2.24) is 0 Å². The van der Waals surface area contributed by atoms with Crippen molar-refractivity contribution in [3.63, 3.8) is 0 Å². The Bertz CT molecular complexity index is 9220. The molecule has 0 fully saturated rings. The van der Waals surface area contributed by atoms with Gasteiger partial charge in [0.05, 0.1) is 27.4 Å². The van der Waals surface area contributed by atoms with Gasteiger partial charge >= 0.3 is 0 Å². The molecule has 0 saturated heterocycles. The number of hydrogen-bond acceptors (Lipinski definition) is 5. The van der Waals surface area contributed by atoms with E-state index in [1.807, 2.05) is 132 Å². The van der Waals surface area contributed by atoms with E-state index in [0.717, 1.165) is 157 Å². The molecule has 0 unspecified atom stereocenters. The van der Waals surface area contributed by atoms with Gasteiger partial charge in [0.25, 0.3) is 0 Å². The van der Waals surface area contributed by atoms with Gasteiger partial charge in [0, 0.05) is 85.3 Å². The Kier molecular flexibility index (Phi) is 16.7. The molecule has 0 radical (unpaired) electrons. The first-order valence-corrected chi connectivity index (χ1v) is 47.7. The second-order valence-corrected chi connectivity index (χ2v) is 39.6. The Balaban J connectivity index is 0.000000126. The van der Waals surface area contributed by atoms with Gasteiger partial charge in [-0.3, -0.25) is 0 Å². The predicted molar refractivity (Wildman–Crippen MR) is 601 cm³/mol. The van der Waals surface area contributed by atoms with Crippen LogP contribution in [-0.2, 0) is 16.2 Å². The topological polar surface area (TPSA) is 16.2 Å². The number of anilines is 15. The molecule has 20 aromatic carbocycles. The summed E-state index contributed by atoms with van der Waals surface area (Å²) in [4.78, 5) is 9.96. The highest BCUT2D eigenvalue weighted by atomic mass is 15.2. The van der Waals surface area contributed by atoms with Crippen LogP contribution in [0.25, 0.3) is 77.9 Å². The molecular formula is C132H106B3N5. The van der Waals surface area contributed by atoms with Crippen LogP contribution in [0.4, 0.5) is 85.3 Å². The summed E-state index contributed by atoms with van der Waals surface area (Å²) >= 11 is 0. The summed E-state index contributed by atoms with van der Waals surface area (Å²) in [7, 11) is 0. The largest absolute Gasteiger partial charge is 0.311 e. The molecule has 140 heavy (non-hydrogen) atoms.